The highest BCUT2D eigenvalue weighted by Crippen LogP contribution is 2.24. The van der Waals surface area contributed by atoms with E-state index in [4.69, 9.17) is 33.0 Å². The fourth-order valence-electron chi connectivity index (χ4n) is 1.15. The van der Waals surface area contributed by atoms with E-state index in [0.717, 1.165) is 0 Å². The van der Waals surface area contributed by atoms with Crippen molar-refractivity contribution in [2.75, 3.05) is 25.1 Å². The lowest BCUT2D eigenvalue weighted by atomic mass is 10.3. The summed E-state index contributed by atoms with van der Waals surface area (Å²) in [7, 11) is 0. The Morgan fingerprint density at radius 1 is 1.26 bits per heavy atom. The Kier molecular flexibility index (Phi) is 6.41. The van der Waals surface area contributed by atoms with Crippen LogP contribution in [0.4, 0.5) is 10.5 Å². The Morgan fingerprint density at radius 2 is 2.00 bits per heavy atom. The molecule has 0 bridgehead atoms. The summed E-state index contributed by atoms with van der Waals surface area (Å²) in [5, 5.41) is 14.1. The number of ether oxygens (including phenoxy) is 1. The Morgan fingerprint density at radius 3 is 2.63 bits per heavy atom. The van der Waals surface area contributed by atoms with Gasteiger partial charge in [-0.1, -0.05) is 23.2 Å². The zero-order valence-electron chi connectivity index (χ0n) is 9.78. The third-order valence-corrected chi connectivity index (χ3v) is 2.67. The van der Waals surface area contributed by atoms with Crippen molar-refractivity contribution < 1.29 is 19.4 Å². The third-order valence-electron chi connectivity index (χ3n) is 1.93. The van der Waals surface area contributed by atoms with Gasteiger partial charge in [0.25, 0.3) is 0 Å². The molecule has 0 spiro atoms. The third kappa shape index (κ3) is 6.28. The van der Waals surface area contributed by atoms with E-state index in [-0.39, 0.29) is 13.2 Å². The molecule has 3 N–H and O–H groups in total. The van der Waals surface area contributed by atoms with E-state index in [2.05, 4.69) is 10.6 Å². The topological polar surface area (TPSA) is 87.7 Å². The van der Waals surface area contributed by atoms with Crippen LogP contribution >= 0.6 is 23.2 Å². The Labute approximate surface area is 119 Å². The number of hydrogen-bond acceptors (Lipinski definition) is 3. The molecule has 0 aliphatic carbocycles. The summed E-state index contributed by atoms with van der Waals surface area (Å²) in [6, 6.07) is 4.24. The van der Waals surface area contributed by atoms with Gasteiger partial charge in [-0.25, -0.2) is 9.59 Å². The molecule has 0 aliphatic heterocycles. The van der Waals surface area contributed by atoms with Crippen molar-refractivity contribution in [1.82, 2.24) is 5.32 Å². The van der Waals surface area contributed by atoms with E-state index in [1.165, 1.54) is 6.07 Å². The standard InChI is InChI=1S/C11H12Cl2N2O4/c12-8-2-1-7(5-9(8)13)15-11(18)14-3-4-19-6-10(16)17/h1-2,5H,3-4,6H2,(H,16,17)(H2,14,15,18). The van der Waals surface area contributed by atoms with Crippen molar-refractivity contribution in [1.29, 1.82) is 0 Å². The number of rotatable bonds is 6. The van der Waals surface area contributed by atoms with Crippen LogP contribution in [0.5, 0.6) is 0 Å². The van der Waals surface area contributed by atoms with Gasteiger partial charge in [-0.05, 0) is 18.2 Å². The number of hydrogen-bond donors (Lipinski definition) is 3. The number of aliphatic carboxylic acids is 1. The molecule has 0 saturated carbocycles. The maximum absolute atomic E-state index is 11.4. The summed E-state index contributed by atoms with van der Waals surface area (Å²) in [5.74, 6) is -1.06. The van der Waals surface area contributed by atoms with Gasteiger partial charge in [0.15, 0.2) is 0 Å². The van der Waals surface area contributed by atoms with Crippen molar-refractivity contribution >= 4 is 40.9 Å². The lowest BCUT2D eigenvalue weighted by Gasteiger charge is -2.08. The van der Waals surface area contributed by atoms with Crippen molar-refractivity contribution in [2.24, 2.45) is 0 Å². The van der Waals surface area contributed by atoms with Crippen LogP contribution in [0.2, 0.25) is 10.0 Å². The largest absolute Gasteiger partial charge is 0.480 e. The lowest BCUT2D eigenvalue weighted by Crippen LogP contribution is -2.31. The van der Waals surface area contributed by atoms with E-state index in [9.17, 15) is 9.59 Å². The molecule has 2 amide bonds. The van der Waals surface area contributed by atoms with Crippen LogP contribution in [-0.4, -0.2) is 36.9 Å². The number of carboxylic acids is 1. The van der Waals surface area contributed by atoms with Crippen molar-refractivity contribution in [3.05, 3.63) is 28.2 Å². The molecule has 0 unspecified atom stereocenters. The highest BCUT2D eigenvalue weighted by molar-refractivity contribution is 6.42. The Hall–Kier alpha value is -1.50. The molecule has 1 rings (SSSR count). The number of anilines is 1. The number of urea groups is 1. The number of carbonyl (C=O) groups is 2. The normalized spacial score (nSPS) is 10.0. The number of amides is 2. The SMILES string of the molecule is O=C(O)COCCNC(=O)Nc1ccc(Cl)c(Cl)c1. The molecule has 6 nitrogen and oxygen atoms in total. The molecular weight excluding hydrogens is 295 g/mol. The van der Waals surface area contributed by atoms with Crippen molar-refractivity contribution in [3.63, 3.8) is 0 Å². The van der Waals surface area contributed by atoms with Gasteiger partial charge >= 0.3 is 12.0 Å². The fourth-order valence-corrected chi connectivity index (χ4v) is 1.44. The molecule has 1 aromatic carbocycles. The smallest absolute Gasteiger partial charge is 0.329 e. The molecule has 0 aliphatic rings. The first kappa shape index (κ1) is 15.6. The van der Waals surface area contributed by atoms with Crippen LogP contribution < -0.4 is 10.6 Å². The highest BCUT2D eigenvalue weighted by Gasteiger charge is 2.04. The second-order valence-corrected chi connectivity index (χ2v) is 4.27. The quantitative estimate of drug-likeness (QED) is 0.703. The van der Waals surface area contributed by atoms with Gasteiger partial charge in [0.1, 0.15) is 6.61 Å². The van der Waals surface area contributed by atoms with Gasteiger partial charge in [0.2, 0.25) is 0 Å². The van der Waals surface area contributed by atoms with Gasteiger partial charge < -0.3 is 20.5 Å². The van der Waals surface area contributed by atoms with Crippen molar-refractivity contribution in [3.8, 4) is 0 Å². The number of carboxylic acid groups (broad SMARTS) is 1. The summed E-state index contributed by atoms with van der Waals surface area (Å²) in [4.78, 5) is 21.6. The second-order valence-electron chi connectivity index (χ2n) is 3.46. The zero-order valence-corrected chi connectivity index (χ0v) is 11.3. The van der Waals surface area contributed by atoms with Crippen LogP contribution in [0, 0.1) is 0 Å². The molecule has 0 atom stereocenters. The maximum Gasteiger partial charge on any atom is 0.329 e. The molecule has 0 heterocycles. The Balaban J connectivity index is 2.27. The molecule has 1 aromatic rings. The summed E-state index contributed by atoms with van der Waals surface area (Å²) in [6.45, 7) is -0.0857. The van der Waals surface area contributed by atoms with Crippen LogP contribution in [-0.2, 0) is 9.53 Å². The number of carbonyl (C=O) groups excluding carboxylic acids is 1. The molecule has 0 aromatic heterocycles. The maximum atomic E-state index is 11.4. The van der Waals surface area contributed by atoms with Gasteiger partial charge in [-0.2, -0.15) is 0 Å². The lowest BCUT2D eigenvalue weighted by molar-refractivity contribution is -0.142. The molecule has 8 heteroatoms. The van der Waals surface area contributed by atoms with E-state index >= 15 is 0 Å². The molecular formula is C11H12Cl2N2O4. The van der Waals surface area contributed by atoms with E-state index in [1.807, 2.05) is 0 Å². The van der Waals surface area contributed by atoms with Gasteiger partial charge in [0, 0.05) is 12.2 Å². The summed E-state index contributed by atoms with van der Waals surface area (Å²) in [5.41, 5.74) is 0.498. The molecule has 0 fully saturated rings. The molecule has 0 radical (unpaired) electrons. The van der Waals surface area contributed by atoms with Crippen molar-refractivity contribution in [2.45, 2.75) is 0 Å². The zero-order chi connectivity index (χ0) is 14.3. The first-order valence-corrected chi connectivity index (χ1v) is 6.04. The average molecular weight is 307 g/mol. The minimum absolute atomic E-state index is 0.112. The van der Waals surface area contributed by atoms with Crippen LogP contribution in [0.15, 0.2) is 18.2 Å². The predicted molar refractivity (Wildman–Crippen MR) is 71.9 cm³/mol. The summed E-state index contributed by atoms with van der Waals surface area (Å²) < 4.78 is 4.75. The van der Waals surface area contributed by atoms with Gasteiger partial charge in [0.05, 0.1) is 16.7 Å². The minimum Gasteiger partial charge on any atom is -0.480 e. The average Bonchev–Trinajstić information content (AvgIpc) is 2.33. The second kappa shape index (κ2) is 7.83. The highest BCUT2D eigenvalue weighted by atomic mass is 35.5. The van der Waals surface area contributed by atoms with Crippen LogP contribution in [0.1, 0.15) is 0 Å². The molecule has 0 saturated heterocycles. The number of nitrogens with one attached hydrogen (secondary N) is 2. The predicted octanol–water partition coefficient (Wildman–Crippen LogP) is 2.22. The summed E-state index contributed by atoms with van der Waals surface area (Å²) >= 11 is 11.5. The van der Waals surface area contributed by atoms with Gasteiger partial charge in [-0.15, -0.1) is 0 Å². The molecule has 104 valence electrons. The van der Waals surface area contributed by atoms with E-state index < -0.39 is 18.6 Å². The Bertz CT molecular complexity index is 468. The van der Waals surface area contributed by atoms with Crippen LogP contribution in [0.25, 0.3) is 0 Å². The first-order valence-electron chi connectivity index (χ1n) is 5.28. The van der Waals surface area contributed by atoms with E-state index in [1.54, 1.807) is 12.1 Å². The van der Waals surface area contributed by atoms with Gasteiger partial charge in [-0.3, -0.25) is 0 Å². The molecule has 19 heavy (non-hydrogen) atoms. The summed E-state index contributed by atoms with van der Waals surface area (Å²) in [6.07, 6.45) is 0. The monoisotopic (exact) mass is 306 g/mol. The van der Waals surface area contributed by atoms with E-state index in [0.29, 0.717) is 15.7 Å². The number of benzene rings is 1. The number of halogens is 2. The fraction of sp³-hybridized carbons (Fsp3) is 0.273. The first-order chi connectivity index (χ1) is 8.99. The van der Waals surface area contributed by atoms with Crippen LogP contribution in [0.3, 0.4) is 0 Å². The minimum atomic E-state index is -1.06.